The second-order valence-electron chi connectivity index (χ2n) is 9.31. The summed E-state index contributed by atoms with van der Waals surface area (Å²) in [5.74, 6) is -1.81. The molecule has 0 bridgehead atoms. The van der Waals surface area contributed by atoms with E-state index in [0.29, 0.717) is 21.6 Å². The quantitative estimate of drug-likeness (QED) is 0.101. The van der Waals surface area contributed by atoms with Crippen molar-refractivity contribution in [3.63, 3.8) is 0 Å². The Kier molecular flexibility index (Phi) is 8.68. The highest BCUT2D eigenvalue weighted by molar-refractivity contribution is 9.10. The van der Waals surface area contributed by atoms with Gasteiger partial charge in [0.2, 0.25) is 6.41 Å². The summed E-state index contributed by atoms with van der Waals surface area (Å²) in [6, 6.07) is 9.01. The lowest BCUT2D eigenvalue weighted by molar-refractivity contribution is -0.141. The predicted octanol–water partition coefficient (Wildman–Crippen LogP) is 6.71. The number of alkyl halides is 3. The molecule has 2 heterocycles. The topological polar surface area (TPSA) is 93.8 Å². The van der Waals surface area contributed by atoms with Crippen LogP contribution in [-0.2, 0) is 17.8 Å². The number of halogens is 7. The maximum Gasteiger partial charge on any atom is 0.408 e. The van der Waals surface area contributed by atoms with E-state index in [4.69, 9.17) is 11.6 Å². The van der Waals surface area contributed by atoms with Crippen LogP contribution in [0.4, 0.5) is 27.8 Å². The zero-order valence-corrected chi connectivity index (χ0v) is 25.0. The van der Waals surface area contributed by atoms with Gasteiger partial charge in [-0.3, -0.25) is 18.8 Å². The van der Waals surface area contributed by atoms with E-state index in [2.05, 4.69) is 36.1 Å². The number of aromatic nitrogens is 4. The summed E-state index contributed by atoms with van der Waals surface area (Å²) < 4.78 is 74.4. The fourth-order valence-corrected chi connectivity index (χ4v) is 5.74. The van der Waals surface area contributed by atoms with Gasteiger partial charge in [-0.05, 0) is 48.0 Å². The van der Waals surface area contributed by atoms with Gasteiger partial charge in [0.05, 0.1) is 38.6 Å². The molecule has 224 valence electrons. The van der Waals surface area contributed by atoms with Crippen molar-refractivity contribution in [2.45, 2.75) is 25.2 Å². The molecule has 2 aromatic heterocycles. The molecule has 0 saturated carbocycles. The number of hydrogen-bond donors (Lipinski definition) is 2. The van der Waals surface area contributed by atoms with Crippen LogP contribution in [0, 0.1) is 11.6 Å². The molecule has 5 aromatic rings. The summed E-state index contributed by atoms with van der Waals surface area (Å²) in [6.07, 6.45) is -2.95. The maximum atomic E-state index is 14.2. The van der Waals surface area contributed by atoms with E-state index < -0.39 is 36.0 Å². The van der Waals surface area contributed by atoms with E-state index in [0.717, 1.165) is 28.6 Å². The molecule has 1 atom stereocenters. The second-order valence-corrected chi connectivity index (χ2v) is 11.2. The molecule has 5 rings (SSSR count). The van der Waals surface area contributed by atoms with Crippen LogP contribution in [0.1, 0.15) is 17.4 Å². The van der Waals surface area contributed by atoms with E-state index in [1.54, 1.807) is 18.4 Å². The normalized spacial score (nSPS) is 12.6. The number of amides is 1. The summed E-state index contributed by atoms with van der Waals surface area (Å²) in [7, 11) is 0. The minimum atomic E-state index is -4.69. The molecular weight excluding hydrogens is 683 g/mol. The van der Waals surface area contributed by atoms with Crippen LogP contribution in [0.25, 0.3) is 27.5 Å². The van der Waals surface area contributed by atoms with E-state index in [1.165, 1.54) is 18.2 Å². The predicted molar refractivity (Wildman–Crippen MR) is 159 cm³/mol. The van der Waals surface area contributed by atoms with Gasteiger partial charge < -0.3 is 10.0 Å². The third-order valence-electron chi connectivity index (χ3n) is 6.39. The van der Waals surface area contributed by atoms with Gasteiger partial charge in [-0.1, -0.05) is 39.5 Å². The first-order chi connectivity index (χ1) is 20.4. The van der Waals surface area contributed by atoms with Gasteiger partial charge in [-0.2, -0.15) is 18.3 Å². The third-order valence-corrected chi connectivity index (χ3v) is 7.60. The van der Waals surface area contributed by atoms with Crippen molar-refractivity contribution in [1.29, 1.82) is 0 Å². The van der Waals surface area contributed by atoms with E-state index in [1.807, 2.05) is 0 Å². The Labute approximate surface area is 257 Å². The Morgan fingerprint density at radius 1 is 1.12 bits per heavy atom. The molecule has 1 amide bonds. The first kappa shape index (κ1) is 30.8. The molecule has 0 radical (unpaired) electrons. The molecule has 16 heteroatoms. The van der Waals surface area contributed by atoms with E-state index in [9.17, 15) is 31.5 Å². The van der Waals surface area contributed by atoms with Crippen molar-refractivity contribution >= 4 is 73.5 Å². The van der Waals surface area contributed by atoms with Gasteiger partial charge in [0, 0.05) is 23.2 Å². The molecule has 8 nitrogen and oxygen atoms in total. The van der Waals surface area contributed by atoms with Gasteiger partial charge in [-0.25, -0.2) is 13.8 Å². The van der Waals surface area contributed by atoms with Crippen molar-refractivity contribution in [2.75, 3.05) is 11.0 Å². The Morgan fingerprint density at radius 3 is 2.49 bits per heavy atom. The number of hydrogen-bond acceptors (Lipinski definition) is 6. The summed E-state index contributed by atoms with van der Waals surface area (Å²) in [6.45, 7) is -1.51. The second kappa shape index (κ2) is 12.1. The summed E-state index contributed by atoms with van der Waals surface area (Å²) in [4.78, 5) is 30.5. The van der Waals surface area contributed by atoms with Crippen LogP contribution in [0.3, 0.4) is 0 Å². The van der Waals surface area contributed by atoms with Crippen LogP contribution in [0.2, 0.25) is 5.02 Å². The molecule has 3 aromatic carbocycles. The molecule has 0 saturated heterocycles. The minimum absolute atomic E-state index is 0.0312. The van der Waals surface area contributed by atoms with Crippen LogP contribution >= 0.6 is 39.5 Å². The lowest BCUT2D eigenvalue weighted by Gasteiger charge is -2.22. The fourth-order valence-electron chi connectivity index (χ4n) is 4.81. The number of carbonyl (C=O) groups is 1. The Balaban J connectivity index is 1.87. The summed E-state index contributed by atoms with van der Waals surface area (Å²) in [5, 5.41) is 6.92. The zero-order chi connectivity index (χ0) is 31.1. The lowest BCUT2D eigenvalue weighted by atomic mass is 10.0. The third kappa shape index (κ3) is 6.33. The highest BCUT2D eigenvalue weighted by Gasteiger charge is 2.32. The fraction of sp³-hybridized carbons (Fsp3) is 0.185. The molecule has 2 N–H and O–H groups in total. The van der Waals surface area contributed by atoms with Crippen LogP contribution in [0.15, 0.2) is 57.8 Å². The molecule has 0 aliphatic heterocycles. The molecule has 43 heavy (non-hydrogen) atoms. The number of nitrogens with one attached hydrogen (secondary N) is 2. The average molecular weight is 702 g/mol. The van der Waals surface area contributed by atoms with Crippen molar-refractivity contribution in [2.24, 2.45) is 0 Å². The Hall–Kier alpha value is -3.69. The first-order valence-corrected chi connectivity index (χ1v) is 14.7. The molecule has 0 fully saturated rings. The smallest absolute Gasteiger partial charge is 0.348 e. The Morgan fingerprint density at radius 2 is 1.84 bits per heavy atom. The van der Waals surface area contributed by atoms with Gasteiger partial charge in [-0.15, -0.1) is 0 Å². The molecule has 0 aliphatic carbocycles. The number of nitrogens with zero attached hydrogens (tertiary/aromatic N) is 4. The van der Waals surface area contributed by atoms with Gasteiger partial charge in [0.15, 0.2) is 5.82 Å². The minimum Gasteiger partial charge on any atom is -0.348 e. The van der Waals surface area contributed by atoms with Crippen molar-refractivity contribution < 1.29 is 26.7 Å². The number of anilines is 1. The van der Waals surface area contributed by atoms with Crippen molar-refractivity contribution in [1.82, 2.24) is 24.6 Å². The maximum absolute atomic E-state index is 14.2. The molecule has 0 spiro atoms. The standard InChI is InChI=1S/C27H19BrClF5N6O2S/c1-43-38-24-22-18(29)4-5-21(23(22)39(37-24)11-27(32,33)34)40-25(36-19-9-14(28)2-3-17(19)26(40)42)20(35-12-41)8-13-6-15(30)10-16(31)7-13/h2-7,9-10,12,20H,8,11H2,1H3,(H,35,41)(H,37,38). The number of carbonyl (C=O) groups excluding carboxylic acids is 1. The number of fused-ring (bicyclic) bond motifs is 2. The van der Waals surface area contributed by atoms with Gasteiger partial charge in [0.1, 0.15) is 24.0 Å². The number of rotatable bonds is 9. The number of benzene rings is 3. The summed E-state index contributed by atoms with van der Waals surface area (Å²) in [5.41, 5.74) is -0.553. The van der Waals surface area contributed by atoms with Crippen molar-refractivity contribution in [3.05, 3.63) is 91.4 Å². The molecule has 1 unspecified atom stereocenters. The Bertz CT molecular complexity index is 1910. The zero-order valence-electron chi connectivity index (χ0n) is 21.8. The van der Waals surface area contributed by atoms with Crippen LogP contribution < -0.4 is 15.6 Å². The largest absolute Gasteiger partial charge is 0.408 e. The van der Waals surface area contributed by atoms with Crippen LogP contribution in [-0.4, -0.2) is 38.2 Å². The highest BCUT2D eigenvalue weighted by Crippen LogP contribution is 2.37. The monoisotopic (exact) mass is 700 g/mol. The lowest BCUT2D eigenvalue weighted by Crippen LogP contribution is -2.32. The highest BCUT2D eigenvalue weighted by atomic mass is 79.9. The van der Waals surface area contributed by atoms with E-state index >= 15 is 0 Å². The van der Waals surface area contributed by atoms with Gasteiger partial charge in [0.25, 0.3) is 5.56 Å². The summed E-state index contributed by atoms with van der Waals surface area (Å²) >= 11 is 10.9. The van der Waals surface area contributed by atoms with Crippen LogP contribution in [0.5, 0.6) is 0 Å². The first-order valence-electron chi connectivity index (χ1n) is 12.3. The molecular formula is C27H19BrClF5N6O2S. The molecule has 0 aliphatic rings. The van der Waals surface area contributed by atoms with Crippen molar-refractivity contribution in [3.8, 4) is 5.69 Å². The van der Waals surface area contributed by atoms with E-state index in [-0.39, 0.29) is 56.1 Å². The average Bonchev–Trinajstić information content (AvgIpc) is 3.25. The SMILES string of the molecule is CSNc1nn(CC(F)(F)F)c2c(-n3c(C(Cc4cc(F)cc(F)c4)NC=O)nc4cc(Br)ccc4c3=O)ccc(Cl)c12. The van der Waals surface area contributed by atoms with Gasteiger partial charge >= 0.3 is 6.18 Å².